The lowest BCUT2D eigenvalue weighted by Gasteiger charge is -2.27. The molecule has 20 heteroatoms. The Kier molecular flexibility index (Phi) is 17.8. The number of carbonyl (C=O) groups is 4. The molecule has 1 N–H and O–H groups in total. The number of ether oxygens (including phenoxy) is 6. The number of imide groups is 2. The van der Waals surface area contributed by atoms with Gasteiger partial charge in [0.05, 0.1) is 76.0 Å². The summed E-state index contributed by atoms with van der Waals surface area (Å²) in [6.45, 7) is 1.58. The zero-order valence-electron chi connectivity index (χ0n) is 41.2. The Bertz CT molecular complexity index is 3120. The topological polar surface area (TPSA) is 194 Å². The number of fused-ring (bicyclic) bond motifs is 2. The number of carbonyl (C=O) groups excluding carboxylic acids is 4. The summed E-state index contributed by atoms with van der Waals surface area (Å²) in [7, 11) is -0.147. The quantitative estimate of drug-likeness (QED) is 0.0292. The molecule has 2 heterocycles. The van der Waals surface area contributed by atoms with Crippen molar-refractivity contribution in [3.05, 3.63) is 178 Å². The van der Waals surface area contributed by atoms with Crippen LogP contribution in [0.2, 0.25) is 0 Å². The van der Waals surface area contributed by atoms with Crippen LogP contribution in [-0.2, 0) is 32.8 Å². The lowest BCUT2D eigenvalue weighted by Crippen LogP contribution is -2.34. The van der Waals surface area contributed by atoms with Crippen LogP contribution in [0.1, 0.15) is 101 Å². The number of phenolic OH excluding ortho intramolecular Hbond substituents is 1. The van der Waals surface area contributed by atoms with Crippen molar-refractivity contribution in [1.29, 1.82) is 0 Å². The molecule has 0 saturated carbocycles. The highest BCUT2D eigenvalue weighted by molar-refractivity contribution is 7.88. The molecule has 2 aliphatic rings. The minimum absolute atomic E-state index is 0.0401. The third-order valence-electron chi connectivity index (χ3n) is 12.3. The van der Waals surface area contributed by atoms with E-state index in [9.17, 15) is 45.9 Å². The molecule has 394 valence electrons. The van der Waals surface area contributed by atoms with Crippen LogP contribution in [0.15, 0.2) is 133 Å². The Balaban J connectivity index is 0.000000222. The number of rotatable bonds is 22. The maximum atomic E-state index is 13.6. The highest BCUT2D eigenvalue weighted by atomic mass is 32.2. The van der Waals surface area contributed by atoms with Gasteiger partial charge >= 0.3 is 15.6 Å². The minimum Gasteiger partial charge on any atom is -0.507 e. The number of aromatic hydroxyl groups is 1. The standard InChI is InChI=1S/C28H26F3NO8S.C27H27NO6/c1-37-22-14-13-19(16-24(22)38-2)21(11-7-15-39-17-18-8-4-3-5-9-18)32-26(33)20-10-6-12-23(25(20)27(32)34)40-41(35,36)28(29,30)31;1-32-23-14-13-19(16-24(23)33-2)21(11-7-15-34-17-18-8-4-3-5-9-18)28-26(30)20-10-6-12-22(29)25(20)27(28)31/h3-6,8-10,12-14,16,21H,7,11,15,17H2,1-2H3;3-6,8-10,12-14,16,21,29H,7,11,15,17H2,1-2H3/t2*21-/m11/s1. The summed E-state index contributed by atoms with van der Waals surface area (Å²) < 4.78 is 99.6. The molecule has 0 spiro atoms. The van der Waals surface area contributed by atoms with Crippen LogP contribution < -0.4 is 23.1 Å². The summed E-state index contributed by atoms with van der Waals surface area (Å²) in [5.74, 6) is -2.06. The smallest absolute Gasteiger partial charge is 0.507 e. The summed E-state index contributed by atoms with van der Waals surface area (Å²) in [6, 6.07) is 35.8. The Morgan fingerprint density at radius 3 is 1.36 bits per heavy atom. The highest BCUT2D eigenvalue weighted by Crippen LogP contribution is 2.43. The first kappa shape index (κ1) is 54.8. The van der Waals surface area contributed by atoms with Crippen LogP contribution in [-0.4, -0.2) is 94.1 Å². The van der Waals surface area contributed by atoms with Crippen LogP contribution in [0.3, 0.4) is 0 Å². The first-order valence-corrected chi connectivity index (χ1v) is 24.8. The fraction of sp³-hybridized carbons (Fsp3) is 0.273. The molecule has 0 saturated heterocycles. The van der Waals surface area contributed by atoms with Crippen molar-refractivity contribution in [2.24, 2.45) is 0 Å². The van der Waals surface area contributed by atoms with Crippen molar-refractivity contribution < 1.29 is 78.5 Å². The zero-order valence-corrected chi connectivity index (χ0v) is 42.0. The number of hydrogen-bond acceptors (Lipinski definition) is 14. The maximum absolute atomic E-state index is 13.6. The van der Waals surface area contributed by atoms with Crippen LogP contribution in [0.25, 0.3) is 0 Å². The van der Waals surface area contributed by atoms with Gasteiger partial charge in [-0.1, -0.05) is 84.9 Å². The monoisotopic (exact) mass is 1050 g/mol. The van der Waals surface area contributed by atoms with Crippen molar-refractivity contribution in [2.45, 2.75) is 56.5 Å². The molecule has 2 atom stereocenters. The van der Waals surface area contributed by atoms with E-state index in [1.807, 2.05) is 66.7 Å². The largest absolute Gasteiger partial charge is 0.534 e. The van der Waals surface area contributed by atoms with E-state index in [1.54, 1.807) is 49.6 Å². The van der Waals surface area contributed by atoms with Crippen LogP contribution in [0, 0.1) is 0 Å². The van der Waals surface area contributed by atoms with Gasteiger partial charge in [0, 0.05) is 13.2 Å². The van der Waals surface area contributed by atoms with Gasteiger partial charge in [0.15, 0.2) is 28.7 Å². The normalized spacial score (nSPS) is 13.9. The Morgan fingerprint density at radius 2 is 0.933 bits per heavy atom. The van der Waals surface area contributed by atoms with Crippen molar-refractivity contribution in [3.8, 4) is 34.5 Å². The highest BCUT2D eigenvalue weighted by Gasteiger charge is 2.50. The van der Waals surface area contributed by atoms with E-state index in [-0.39, 0.29) is 35.5 Å². The summed E-state index contributed by atoms with van der Waals surface area (Å²) in [4.78, 5) is 55.7. The second kappa shape index (κ2) is 24.4. The van der Waals surface area contributed by atoms with E-state index in [2.05, 4.69) is 4.18 Å². The fourth-order valence-electron chi connectivity index (χ4n) is 8.65. The van der Waals surface area contributed by atoms with E-state index in [1.165, 1.54) is 38.4 Å². The Morgan fingerprint density at radius 1 is 0.507 bits per heavy atom. The van der Waals surface area contributed by atoms with Crippen molar-refractivity contribution in [2.75, 3.05) is 41.7 Å². The van der Waals surface area contributed by atoms with E-state index in [4.69, 9.17) is 28.4 Å². The summed E-state index contributed by atoms with van der Waals surface area (Å²) >= 11 is 0. The van der Waals surface area contributed by atoms with Crippen molar-refractivity contribution in [3.63, 3.8) is 0 Å². The van der Waals surface area contributed by atoms with E-state index in [0.29, 0.717) is 67.6 Å². The maximum Gasteiger partial charge on any atom is 0.534 e. The molecule has 0 radical (unpaired) electrons. The van der Waals surface area contributed by atoms with Crippen LogP contribution in [0.5, 0.6) is 34.5 Å². The van der Waals surface area contributed by atoms with Gasteiger partial charge < -0.3 is 37.7 Å². The summed E-state index contributed by atoms with van der Waals surface area (Å²) in [5, 5.41) is 10.2. The number of benzene rings is 6. The van der Waals surface area contributed by atoms with E-state index < -0.39 is 62.7 Å². The molecular weight excluding hydrogens is 1000 g/mol. The Hall–Kier alpha value is -7.94. The SMILES string of the molecule is COc1ccc([C@@H](CCCOCc2ccccc2)N2C(=O)c3cccc(O)c3C2=O)cc1OC.COc1ccc([C@@H](CCCOCc2ccccc2)N2C(=O)c3cccc(OS(=O)(=O)C(F)(F)F)c3C2=O)cc1OC. The lowest BCUT2D eigenvalue weighted by atomic mass is 9.99. The fourth-order valence-corrected chi connectivity index (χ4v) is 9.12. The third-order valence-corrected chi connectivity index (χ3v) is 13.2. The van der Waals surface area contributed by atoms with Gasteiger partial charge in [-0.2, -0.15) is 21.6 Å². The van der Waals surface area contributed by atoms with Gasteiger partial charge in [-0.05, 0) is 96.5 Å². The number of phenols is 1. The molecule has 0 unspecified atom stereocenters. The number of halogens is 3. The second-order valence-corrected chi connectivity index (χ2v) is 18.5. The molecule has 2 aliphatic heterocycles. The van der Waals surface area contributed by atoms with Crippen LogP contribution >= 0.6 is 0 Å². The van der Waals surface area contributed by atoms with Crippen molar-refractivity contribution in [1.82, 2.24) is 9.80 Å². The number of hydrogen-bond donors (Lipinski definition) is 1. The molecule has 0 aliphatic carbocycles. The summed E-state index contributed by atoms with van der Waals surface area (Å²) in [5.41, 5.74) is -3.09. The number of methoxy groups -OCH3 is 4. The van der Waals surface area contributed by atoms with Crippen molar-refractivity contribution >= 4 is 33.7 Å². The third kappa shape index (κ3) is 12.4. The van der Waals surface area contributed by atoms with Gasteiger partial charge in [-0.15, -0.1) is 0 Å². The van der Waals surface area contributed by atoms with Gasteiger partial charge in [-0.25, -0.2) is 0 Å². The van der Waals surface area contributed by atoms with E-state index >= 15 is 0 Å². The average Bonchev–Trinajstić information content (AvgIpc) is 3.84. The van der Waals surface area contributed by atoms with Crippen LogP contribution in [0.4, 0.5) is 13.2 Å². The molecule has 6 aromatic rings. The van der Waals surface area contributed by atoms with Gasteiger partial charge in [-0.3, -0.25) is 29.0 Å². The Labute approximate surface area is 431 Å². The number of amides is 4. The molecule has 16 nitrogen and oxygen atoms in total. The molecule has 0 fully saturated rings. The molecular formula is C55H53F3N2O14S. The predicted octanol–water partition coefficient (Wildman–Crippen LogP) is 10.0. The minimum atomic E-state index is -6.09. The lowest BCUT2D eigenvalue weighted by molar-refractivity contribution is -0.0500. The van der Waals surface area contributed by atoms with Gasteiger partial charge in [0.2, 0.25) is 0 Å². The number of alkyl halides is 3. The summed E-state index contributed by atoms with van der Waals surface area (Å²) in [6.07, 6.45) is 1.71. The van der Waals surface area contributed by atoms with Gasteiger partial charge in [0.25, 0.3) is 23.6 Å². The molecule has 8 rings (SSSR count). The zero-order chi connectivity index (χ0) is 53.9. The molecule has 6 aromatic carbocycles. The van der Waals surface area contributed by atoms with E-state index in [0.717, 1.165) is 33.7 Å². The predicted molar refractivity (Wildman–Crippen MR) is 266 cm³/mol. The average molecular weight is 1060 g/mol. The second-order valence-electron chi connectivity index (χ2n) is 16.9. The van der Waals surface area contributed by atoms with Gasteiger partial charge in [0.1, 0.15) is 5.75 Å². The number of nitrogens with zero attached hydrogens (tertiary/aromatic N) is 2. The first-order chi connectivity index (χ1) is 36.0. The first-order valence-electron chi connectivity index (χ1n) is 23.4. The molecule has 75 heavy (non-hydrogen) atoms. The molecule has 4 amide bonds. The molecule has 0 bridgehead atoms. The molecule has 0 aromatic heterocycles.